The minimum Gasteiger partial charge on any atom is -0.378 e. The molecule has 0 saturated heterocycles. The monoisotopic (exact) mass is 315 g/mol. The molecule has 5 heteroatoms. The van der Waals surface area contributed by atoms with Crippen LogP contribution in [-0.2, 0) is 12.8 Å². The largest absolute Gasteiger partial charge is 0.378 e. The number of nitrogens with zero attached hydrogens (tertiary/aromatic N) is 2. The summed E-state index contributed by atoms with van der Waals surface area (Å²) >= 11 is 1.62. The van der Waals surface area contributed by atoms with E-state index in [0.717, 1.165) is 23.7 Å². The Labute approximate surface area is 135 Å². The summed E-state index contributed by atoms with van der Waals surface area (Å²) in [5.41, 5.74) is 2.84. The fraction of sp³-hybridized carbons (Fsp3) is 0.412. The van der Waals surface area contributed by atoms with E-state index < -0.39 is 0 Å². The van der Waals surface area contributed by atoms with E-state index >= 15 is 0 Å². The summed E-state index contributed by atoms with van der Waals surface area (Å²) in [4.78, 5) is 20.3. The van der Waals surface area contributed by atoms with Crippen molar-refractivity contribution >= 4 is 28.1 Å². The zero-order valence-electron chi connectivity index (χ0n) is 13.2. The van der Waals surface area contributed by atoms with Gasteiger partial charge in [-0.2, -0.15) is 0 Å². The second kappa shape index (κ2) is 6.08. The molecule has 1 aromatic heterocycles. The molecular formula is C17H21N3OS. The number of aryl methyl sites for hydroxylation is 1. The van der Waals surface area contributed by atoms with Crippen LogP contribution in [0.5, 0.6) is 0 Å². The molecule has 1 aromatic carbocycles. The lowest BCUT2D eigenvalue weighted by atomic mass is 9.93. The highest BCUT2D eigenvalue weighted by atomic mass is 32.1. The zero-order chi connectivity index (χ0) is 15.7. The van der Waals surface area contributed by atoms with Crippen molar-refractivity contribution in [3.8, 4) is 0 Å². The maximum absolute atomic E-state index is 12.4. The third kappa shape index (κ3) is 3.14. The maximum Gasteiger partial charge on any atom is 0.257 e. The Balaban J connectivity index is 1.76. The van der Waals surface area contributed by atoms with Gasteiger partial charge in [0.2, 0.25) is 0 Å². The van der Waals surface area contributed by atoms with Gasteiger partial charge in [-0.3, -0.25) is 10.1 Å². The summed E-state index contributed by atoms with van der Waals surface area (Å²) in [6.45, 7) is 2.27. The van der Waals surface area contributed by atoms with Crippen molar-refractivity contribution in [3.63, 3.8) is 0 Å². The van der Waals surface area contributed by atoms with Crippen molar-refractivity contribution < 1.29 is 4.79 Å². The third-order valence-corrected chi connectivity index (χ3v) is 5.07. The Morgan fingerprint density at radius 3 is 3.00 bits per heavy atom. The molecule has 1 amide bonds. The van der Waals surface area contributed by atoms with E-state index in [1.165, 1.54) is 17.0 Å². The van der Waals surface area contributed by atoms with Crippen molar-refractivity contribution in [1.29, 1.82) is 0 Å². The average Bonchev–Trinajstić information content (AvgIpc) is 2.88. The third-order valence-electron chi connectivity index (χ3n) is 4.03. The van der Waals surface area contributed by atoms with E-state index in [9.17, 15) is 4.79 Å². The molecule has 1 aliphatic carbocycles. The lowest BCUT2D eigenvalue weighted by Crippen LogP contribution is -2.14. The molecule has 1 N–H and O–H groups in total. The van der Waals surface area contributed by atoms with Gasteiger partial charge in [0, 0.05) is 30.2 Å². The zero-order valence-corrected chi connectivity index (χ0v) is 14.0. The number of anilines is 2. The van der Waals surface area contributed by atoms with Crippen molar-refractivity contribution in [1.82, 2.24) is 4.98 Å². The summed E-state index contributed by atoms with van der Waals surface area (Å²) in [5.74, 6) is 0.621. The first kappa shape index (κ1) is 15.0. The fourth-order valence-electron chi connectivity index (χ4n) is 2.69. The van der Waals surface area contributed by atoms with Crippen LogP contribution < -0.4 is 10.2 Å². The Kier molecular flexibility index (Phi) is 4.16. The van der Waals surface area contributed by atoms with Crippen molar-refractivity contribution in [2.75, 3.05) is 24.3 Å². The fourth-order valence-corrected chi connectivity index (χ4v) is 3.85. The predicted octanol–water partition coefficient (Wildman–Crippen LogP) is 3.59. The minimum atomic E-state index is -0.0946. The smallest absolute Gasteiger partial charge is 0.257 e. The lowest BCUT2D eigenvalue weighted by Gasteiger charge is -2.15. The van der Waals surface area contributed by atoms with E-state index in [2.05, 4.69) is 17.2 Å². The summed E-state index contributed by atoms with van der Waals surface area (Å²) in [6, 6.07) is 7.61. The normalized spacial score (nSPS) is 17.0. The van der Waals surface area contributed by atoms with Crippen molar-refractivity contribution in [3.05, 3.63) is 40.4 Å². The molecule has 116 valence electrons. The molecule has 0 spiro atoms. The number of fused-ring (bicyclic) bond motifs is 1. The molecule has 4 nitrogen and oxygen atoms in total. The number of aromatic nitrogens is 1. The quantitative estimate of drug-likeness (QED) is 0.941. The number of rotatable bonds is 3. The van der Waals surface area contributed by atoms with E-state index in [1.807, 2.05) is 43.3 Å². The van der Waals surface area contributed by atoms with Gasteiger partial charge in [-0.25, -0.2) is 4.98 Å². The molecule has 1 heterocycles. The number of thiazole rings is 1. The summed E-state index contributed by atoms with van der Waals surface area (Å²) in [7, 11) is 3.93. The second-order valence-electron chi connectivity index (χ2n) is 6.14. The molecule has 0 fully saturated rings. The first-order valence-electron chi connectivity index (χ1n) is 7.60. The van der Waals surface area contributed by atoms with Crippen LogP contribution in [-0.4, -0.2) is 25.0 Å². The number of benzene rings is 1. The average molecular weight is 315 g/mol. The SMILES string of the molecule is C[C@@H]1CCc2nc(NC(=O)c3cccc(N(C)C)c3)sc2C1. The van der Waals surface area contributed by atoms with Gasteiger partial charge in [0.25, 0.3) is 5.91 Å². The van der Waals surface area contributed by atoms with E-state index in [0.29, 0.717) is 11.5 Å². The number of carbonyl (C=O) groups is 1. The molecule has 0 bridgehead atoms. The van der Waals surface area contributed by atoms with E-state index in [-0.39, 0.29) is 5.91 Å². The molecule has 0 unspecified atom stereocenters. The highest BCUT2D eigenvalue weighted by Gasteiger charge is 2.20. The topological polar surface area (TPSA) is 45.2 Å². The van der Waals surface area contributed by atoms with Gasteiger partial charge in [-0.1, -0.05) is 13.0 Å². The summed E-state index contributed by atoms with van der Waals surface area (Å²) < 4.78 is 0. The second-order valence-corrected chi connectivity index (χ2v) is 7.22. The number of carbonyl (C=O) groups excluding carboxylic acids is 1. The lowest BCUT2D eigenvalue weighted by molar-refractivity contribution is 0.102. The van der Waals surface area contributed by atoms with Gasteiger partial charge in [0.1, 0.15) is 0 Å². The van der Waals surface area contributed by atoms with Gasteiger partial charge in [-0.15, -0.1) is 11.3 Å². The molecular weight excluding hydrogens is 294 g/mol. The van der Waals surface area contributed by atoms with Gasteiger partial charge >= 0.3 is 0 Å². The highest BCUT2D eigenvalue weighted by molar-refractivity contribution is 7.15. The Hall–Kier alpha value is -1.88. The minimum absolute atomic E-state index is 0.0946. The van der Waals surface area contributed by atoms with Crippen LogP contribution in [0.15, 0.2) is 24.3 Å². The number of hydrogen-bond acceptors (Lipinski definition) is 4. The Morgan fingerprint density at radius 2 is 2.23 bits per heavy atom. The van der Waals surface area contributed by atoms with Gasteiger partial charge < -0.3 is 4.90 Å². The summed E-state index contributed by atoms with van der Waals surface area (Å²) in [6.07, 6.45) is 3.30. The van der Waals surface area contributed by atoms with Crippen LogP contribution in [0.4, 0.5) is 10.8 Å². The summed E-state index contributed by atoms with van der Waals surface area (Å²) in [5, 5.41) is 3.67. The molecule has 0 aliphatic heterocycles. The van der Waals surface area contributed by atoms with Crippen LogP contribution in [0.3, 0.4) is 0 Å². The van der Waals surface area contributed by atoms with Crippen LogP contribution >= 0.6 is 11.3 Å². The number of hydrogen-bond donors (Lipinski definition) is 1. The van der Waals surface area contributed by atoms with Gasteiger partial charge in [0.15, 0.2) is 5.13 Å². The molecule has 22 heavy (non-hydrogen) atoms. The van der Waals surface area contributed by atoms with E-state index in [4.69, 9.17) is 0 Å². The van der Waals surface area contributed by atoms with Crippen LogP contribution in [0.25, 0.3) is 0 Å². The van der Waals surface area contributed by atoms with Crippen molar-refractivity contribution in [2.45, 2.75) is 26.2 Å². The van der Waals surface area contributed by atoms with Crippen LogP contribution in [0, 0.1) is 5.92 Å². The molecule has 2 aromatic rings. The van der Waals surface area contributed by atoms with E-state index in [1.54, 1.807) is 11.3 Å². The first-order chi connectivity index (χ1) is 10.5. The molecule has 0 radical (unpaired) electrons. The van der Waals surface area contributed by atoms with Gasteiger partial charge in [-0.05, 0) is 43.4 Å². The standard InChI is InChI=1S/C17H21N3OS/c1-11-7-8-14-15(9-11)22-17(18-14)19-16(21)12-5-4-6-13(10-12)20(2)3/h4-6,10-11H,7-9H2,1-3H3,(H,18,19,21)/t11-/m1/s1. The predicted molar refractivity (Wildman–Crippen MR) is 92.0 cm³/mol. The first-order valence-corrected chi connectivity index (χ1v) is 8.42. The van der Waals surface area contributed by atoms with Crippen LogP contribution in [0.2, 0.25) is 0 Å². The molecule has 1 atom stereocenters. The maximum atomic E-state index is 12.4. The highest BCUT2D eigenvalue weighted by Crippen LogP contribution is 2.32. The Bertz CT molecular complexity index is 693. The Morgan fingerprint density at radius 1 is 1.41 bits per heavy atom. The molecule has 3 rings (SSSR count). The number of amides is 1. The van der Waals surface area contributed by atoms with Gasteiger partial charge in [0.05, 0.1) is 5.69 Å². The van der Waals surface area contributed by atoms with Crippen molar-refractivity contribution in [2.24, 2.45) is 5.92 Å². The van der Waals surface area contributed by atoms with Crippen LogP contribution in [0.1, 0.15) is 34.3 Å². The molecule has 0 saturated carbocycles. The number of nitrogens with one attached hydrogen (secondary N) is 1. The molecule has 1 aliphatic rings.